The molecule has 6 nitrogen and oxygen atoms in total. The highest BCUT2D eigenvalue weighted by molar-refractivity contribution is 5.71. The van der Waals surface area contributed by atoms with Crippen molar-refractivity contribution in [2.24, 2.45) is 0 Å². The number of ether oxygens (including phenoxy) is 3. The van der Waals surface area contributed by atoms with Crippen molar-refractivity contribution in [1.82, 2.24) is 0 Å². The van der Waals surface area contributed by atoms with Crippen LogP contribution in [0.15, 0.2) is 48.6 Å². The van der Waals surface area contributed by atoms with E-state index in [-0.39, 0.29) is 31.1 Å². The van der Waals surface area contributed by atoms with Gasteiger partial charge in [-0.05, 0) is 57.8 Å². The van der Waals surface area contributed by atoms with Gasteiger partial charge in [0.1, 0.15) is 13.2 Å². The van der Waals surface area contributed by atoms with Crippen LogP contribution in [0.3, 0.4) is 0 Å². The van der Waals surface area contributed by atoms with Gasteiger partial charge in [-0.25, -0.2) is 0 Å². The maximum Gasteiger partial charge on any atom is 0.306 e. The molecule has 0 aromatic carbocycles. The minimum atomic E-state index is -0.767. The number of carbonyl (C=O) groups excluding carboxylic acids is 3. The van der Waals surface area contributed by atoms with Gasteiger partial charge in [-0.1, -0.05) is 365 Å². The number of hydrogen-bond acceptors (Lipinski definition) is 6. The van der Waals surface area contributed by atoms with Crippen molar-refractivity contribution in [2.75, 3.05) is 13.2 Å². The molecule has 0 saturated heterocycles. The predicted molar refractivity (Wildman–Crippen MR) is 353 cm³/mol. The van der Waals surface area contributed by atoms with E-state index in [0.717, 1.165) is 83.5 Å². The van der Waals surface area contributed by atoms with E-state index in [1.807, 2.05) is 0 Å². The van der Waals surface area contributed by atoms with Crippen molar-refractivity contribution >= 4 is 17.9 Å². The molecule has 1 atom stereocenters. The fraction of sp³-hybridized carbons (Fsp3) is 0.853. The average Bonchev–Trinajstić information content (AvgIpc) is 3.47. The zero-order valence-corrected chi connectivity index (χ0v) is 54.6. The molecule has 474 valence electrons. The Hall–Kier alpha value is -2.63. The highest BCUT2D eigenvalue weighted by Crippen LogP contribution is 2.19. The molecule has 0 radical (unpaired) electrons. The first-order valence-corrected chi connectivity index (χ1v) is 36.1. The Morgan fingerprint density at radius 3 is 0.753 bits per heavy atom. The molecule has 0 aliphatic carbocycles. The van der Waals surface area contributed by atoms with E-state index >= 15 is 0 Å². The summed E-state index contributed by atoms with van der Waals surface area (Å²) < 4.78 is 16.9. The smallest absolute Gasteiger partial charge is 0.306 e. The van der Waals surface area contributed by atoms with Crippen LogP contribution in [0.2, 0.25) is 0 Å². The van der Waals surface area contributed by atoms with E-state index in [1.165, 1.54) is 270 Å². The number of esters is 3. The SMILES string of the molecule is CC/C=C\C/C=C\C/C=C\C/C=C\CCCCCCCCCCCCCCCCCCCCC(=O)OCC(COC(=O)CCCCCCCCCC)OC(=O)CCCCCCCCCCCCCCCCCCCCCCCCCC. The summed E-state index contributed by atoms with van der Waals surface area (Å²) in [5, 5.41) is 0. The van der Waals surface area contributed by atoms with Gasteiger partial charge in [0, 0.05) is 19.3 Å². The van der Waals surface area contributed by atoms with E-state index in [0.29, 0.717) is 19.3 Å². The Morgan fingerprint density at radius 2 is 0.481 bits per heavy atom. The maximum absolute atomic E-state index is 12.9. The van der Waals surface area contributed by atoms with Gasteiger partial charge in [0.15, 0.2) is 6.10 Å². The van der Waals surface area contributed by atoms with Crippen LogP contribution in [-0.4, -0.2) is 37.2 Å². The molecule has 81 heavy (non-hydrogen) atoms. The molecular formula is C75H138O6. The summed E-state index contributed by atoms with van der Waals surface area (Å²) in [7, 11) is 0. The summed E-state index contributed by atoms with van der Waals surface area (Å²) in [6, 6.07) is 0. The van der Waals surface area contributed by atoms with Gasteiger partial charge in [-0.2, -0.15) is 0 Å². The summed E-state index contributed by atoms with van der Waals surface area (Å²) in [5.74, 6) is -0.841. The molecule has 1 unspecified atom stereocenters. The average molecular weight is 1140 g/mol. The summed E-state index contributed by atoms with van der Waals surface area (Å²) in [4.78, 5) is 38.3. The van der Waals surface area contributed by atoms with Gasteiger partial charge in [0.2, 0.25) is 0 Å². The predicted octanol–water partition coefficient (Wildman–Crippen LogP) is 24.9. The summed E-state index contributed by atoms with van der Waals surface area (Å²) in [6.45, 7) is 6.57. The fourth-order valence-electron chi connectivity index (χ4n) is 11.0. The largest absolute Gasteiger partial charge is 0.462 e. The molecular weight excluding hydrogens is 997 g/mol. The van der Waals surface area contributed by atoms with E-state index in [4.69, 9.17) is 14.2 Å². The molecule has 0 aliphatic heterocycles. The number of carbonyl (C=O) groups is 3. The van der Waals surface area contributed by atoms with Gasteiger partial charge in [-0.3, -0.25) is 14.4 Å². The van der Waals surface area contributed by atoms with Crippen molar-refractivity contribution in [1.29, 1.82) is 0 Å². The lowest BCUT2D eigenvalue weighted by molar-refractivity contribution is -0.167. The maximum atomic E-state index is 12.9. The summed E-state index contributed by atoms with van der Waals surface area (Å²) in [6.07, 6.45) is 88.9. The molecule has 0 N–H and O–H groups in total. The Morgan fingerprint density at radius 1 is 0.259 bits per heavy atom. The summed E-state index contributed by atoms with van der Waals surface area (Å²) in [5.41, 5.74) is 0. The van der Waals surface area contributed by atoms with E-state index in [2.05, 4.69) is 69.4 Å². The minimum Gasteiger partial charge on any atom is -0.462 e. The second-order valence-corrected chi connectivity index (χ2v) is 24.5. The lowest BCUT2D eigenvalue weighted by Crippen LogP contribution is -2.30. The van der Waals surface area contributed by atoms with Crippen LogP contribution in [0, 0.1) is 0 Å². The number of unbranched alkanes of at least 4 members (excludes halogenated alkanes) is 48. The van der Waals surface area contributed by atoms with Crippen molar-refractivity contribution in [2.45, 2.75) is 399 Å². The van der Waals surface area contributed by atoms with Gasteiger partial charge in [0.05, 0.1) is 0 Å². The molecule has 0 rings (SSSR count). The number of allylic oxidation sites excluding steroid dienone is 8. The highest BCUT2D eigenvalue weighted by Gasteiger charge is 2.19. The van der Waals surface area contributed by atoms with Crippen LogP contribution in [0.25, 0.3) is 0 Å². The first-order chi connectivity index (χ1) is 40.0. The third-order valence-corrected chi connectivity index (χ3v) is 16.3. The van der Waals surface area contributed by atoms with Crippen LogP contribution in [0.4, 0.5) is 0 Å². The Labute approximate surface area is 505 Å². The van der Waals surface area contributed by atoms with E-state index in [9.17, 15) is 14.4 Å². The van der Waals surface area contributed by atoms with Crippen molar-refractivity contribution in [3.63, 3.8) is 0 Å². The van der Waals surface area contributed by atoms with Crippen LogP contribution in [-0.2, 0) is 28.6 Å². The third kappa shape index (κ3) is 68.0. The molecule has 0 aliphatic rings. The Kier molecular flexibility index (Phi) is 67.6. The van der Waals surface area contributed by atoms with Gasteiger partial charge >= 0.3 is 17.9 Å². The topological polar surface area (TPSA) is 78.9 Å². The van der Waals surface area contributed by atoms with E-state index in [1.54, 1.807) is 0 Å². The van der Waals surface area contributed by atoms with Gasteiger partial charge < -0.3 is 14.2 Å². The molecule has 0 heterocycles. The zero-order chi connectivity index (χ0) is 58.5. The molecule has 0 fully saturated rings. The fourth-order valence-corrected chi connectivity index (χ4v) is 11.0. The van der Waals surface area contributed by atoms with Crippen molar-refractivity contribution in [3.8, 4) is 0 Å². The number of hydrogen-bond donors (Lipinski definition) is 0. The highest BCUT2D eigenvalue weighted by atomic mass is 16.6. The van der Waals surface area contributed by atoms with Crippen molar-refractivity contribution in [3.05, 3.63) is 48.6 Å². The zero-order valence-electron chi connectivity index (χ0n) is 54.6. The van der Waals surface area contributed by atoms with Gasteiger partial charge in [0.25, 0.3) is 0 Å². The van der Waals surface area contributed by atoms with Crippen LogP contribution in [0.5, 0.6) is 0 Å². The monoisotopic (exact) mass is 1140 g/mol. The second kappa shape index (κ2) is 69.9. The van der Waals surface area contributed by atoms with E-state index < -0.39 is 6.10 Å². The van der Waals surface area contributed by atoms with Crippen LogP contribution >= 0.6 is 0 Å². The molecule has 0 saturated carbocycles. The Bertz CT molecular complexity index is 1400. The molecule has 0 spiro atoms. The van der Waals surface area contributed by atoms with Gasteiger partial charge in [-0.15, -0.1) is 0 Å². The van der Waals surface area contributed by atoms with Crippen LogP contribution in [0.1, 0.15) is 393 Å². The number of rotatable bonds is 67. The quantitative estimate of drug-likeness (QED) is 0.0261. The molecule has 6 heteroatoms. The van der Waals surface area contributed by atoms with Crippen molar-refractivity contribution < 1.29 is 28.6 Å². The normalized spacial score (nSPS) is 12.3. The van der Waals surface area contributed by atoms with Crippen LogP contribution < -0.4 is 0 Å². The molecule has 0 aromatic rings. The Balaban J connectivity index is 4.03. The molecule has 0 aromatic heterocycles. The lowest BCUT2D eigenvalue weighted by atomic mass is 10.0. The minimum absolute atomic E-state index is 0.0658. The lowest BCUT2D eigenvalue weighted by Gasteiger charge is -2.18. The second-order valence-electron chi connectivity index (χ2n) is 24.5. The summed E-state index contributed by atoms with van der Waals surface area (Å²) >= 11 is 0. The third-order valence-electron chi connectivity index (χ3n) is 16.3. The standard InChI is InChI=1S/C75H138O6/c1-4-7-10-13-16-19-21-23-25-27-29-31-33-35-36-37-38-39-40-41-43-44-46-48-50-52-54-56-59-62-65-68-74(77)80-71-72(70-79-73(76)67-64-61-58-18-15-12-9-6-3)81-75(78)69-66-63-60-57-55-53-51-49-47-45-42-34-32-30-28-26-24-22-20-17-14-11-8-5-2/h7,10,16,19,23,25,29,31,72H,4-6,8-9,11-15,17-18,20-22,24,26-28,30,32-71H2,1-3H3/b10-7-,19-16-,25-23-,31-29-. The first kappa shape index (κ1) is 78.4. The molecule has 0 amide bonds. The molecule has 0 bridgehead atoms. The first-order valence-electron chi connectivity index (χ1n) is 36.1.